The molecule has 0 fully saturated rings. The third kappa shape index (κ3) is 6.72. The Hall–Kier alpha value is -6.18. The summed E-state index contributed by atoms with van der Waals surface area (Å²) in [6, 6.07) is 57.5. The number of nitrogens with zero attached hydrogens (tertiary/aromatic N) is 1. The van der Waals surface area contributed by atoms with Gasteiger partial charge in [-0.25, -0.2) is 0 Å². The summed E-state index contributed by atoms with van der Waals surface area (Å²) in [5.41, 5.74) is 11.1. The Kier molecular flexibility index (Phi) is 9.27. The fraction of sp³-hybridized carbons (Fsp3) is 0.0800. The highest BCUT2D eigenvalue weighted by molar-refractivity contribution is 6.13. The van der Waals surface area contributed by atoms with Gasteiger partial charge in [-0.05, 0) is 111 Å². The standard InChI is InChI=1S/C50H41N/c1-2-3-4-6-15-37-24-26-40(27-25-37)46-20-13-14-23-50(46)51(43-32-28-39(29-33-43)38-16-7-5-8-17-38)44-34-30-41(31-35-44)49-36-42-18-9-10-19-45(42)47-21-11-12-22-48(47)49/h2-14,16-26,28-36,40H,15,27H2,1H3/b3-2-,6-4-. The Bertz CT molecular complexity index is 2410. The molecule has 1 atom stereocenters. The van der Waals surface area contributed by atoms with E-state index < -0.39 is 0 Å². The van der Waals surface area contributed by atoms with Crippen molar-refractivity contribution in [3.05, 3.63) is 211 Å². The number of hydrogen-bond donors (Lipinski definition) is 0. The molecule has 0 spiro atoms. The second kappa shape index (κ2) is 14.7. The summed E-state index contributed by atoms with van der Waals surface area (Å²) in [6.45, 7) is 2.05. The van der Waals surface area contributed by atoms with Gasteiger partial charge in [-0.15, -0.1) is 0 Å². The highest BCUT2D eigenvalue weighted by Crippen LogP contribution is 2.43. The average molecular weight is 656 g/mol. The molecule has 0 aromatic heterocycles. The van der Waals surface area contributed by atoms with Gasteiger partial charge in [0.15, 0.2) is 0 Å². The van der Waals surface area contributed by atoms with Crippen molar-refractivity contribution in [1.29, 1.82) is 0 Å². The minimum absolute atomic E-state index is 0.291. The molecule has 0 N–H and O–H groups in total. The minimum Gasteiger partial charge on any atom is -0.310 e. The molecule has 1 aliphatic carbocycles. The Labute approximate surface area is 301 Å². The van der Waals surface area contributed by atoms with Crippen molar-refractivity contribution in [3.63, 3.8) is 0 Å². The summed E-state index contributed by atoms with van der Waals surface area (Å²) in [4.78, 5) is 2.43. The smallest absolute Gasteiger partial charge is 0.0499 e. The molecule has 0 bridgehead atoms. The van der Waals surface area contributed by atoms with Crippen molar-refractivity contribution in [3.8, 4) is 22.3 Å². The molecule has 1 nitrogen and oxygen atoms in total. The number of hydrogen-bond acceptors (Lipinski definition) is 1. The highest BCUT2D eigenvalue weighted by Gasteiger charge is 2.21. The topological polar surface area (TPSA) is 3.24 Å². The van der Waals surface area contributed by atoms with Crippen LogP contribution in [0, 0.1) is 0 Å². The number of para-hydroxylation sites is 1. The first-order chi connectivity index (χ1) is 25.3. The molecule has 7 aromatic rings. The largest absolute Gasteiger partial charge is 0.310 e. The van der Waals surface area contributed by atoms with E-state index in [0.717, 1.165) is 24.2 Å². The third-order valence-electron chi connectivity index (χ3n) is 9.98. The maximum absolute atomic E-state index is 2.43. The lowest BCUT2D eigenvalue weighted by molar-refractivity contribution is 0.839. The van der Waals surface area contributed by atoms with E-state index in [9.17, 15) is 0 Å². The van der Waals surface area contributed by atoms with Gasteiger partial charge in [0.1, 0.15) is 0 Å². The van der Waals surface area contributed by atoms with Crippen LogP contribution >= 0.6 is 0 Å². The molecule has 0 saturated heterocycles. The molecule has 0 saturated carbocycles. The minimum atomic E-state index is 0.291. The monoisotopic (exact) mass is 655 g/mol. The Morgan fingerprint density at radius 3 is 1.94 bits per heavy atom. The maximum Gasteiger partial charge on any atom is 0.0499 e. The number of anilines is 3. The van der Waals surface area contributed by atoms with Crippen LogP contribution in [0.25, 0.3) is 43.8 Å². The van der Waals surface area contributed by atoms with Gasteiger partial charge in [-0.2, -0.15) is 0 Å². The van der Waals surface area contributed by atoms with Crippen LogP contribution in [0.4, 0.5) is 17.1 Å². The first-order valence-electron chi connectivity index (χ1n) is 18.0. The average Bonchev–Trinajstić information content (AvgIpc) is 3.21. The zero-order valence-electron chi connectivity index (χ0n) is 29.0. The van der Waals surface area contributed by atoms with Gasteiger partial charge in [0.2, 0.25) is 0 Å². The second-order valence-electron chi connectivity index (χ2n) is 13.2. The van der Waals surface area contributed by atoms with Crippen LogP contribution in [0.15, 0.2) is 206 Å². The Morgan fingerprint density at radius 1 is 0.588 bits per heavy atom. The molecule has 1 heteroatoms. The van der Waals surface area contributed by atoms with Crippen molar-refractivity contribution in [2.75, 3.05) is 4.90 Å². The van der Waals surface area contributed by atoms with E-state index in [1.54, 1.807) is 0 Å². The van der Waals surface area contributed by atoms with E-state index in [1.165, 1.54) is 60.6 Å². The van der Waals surface area contributed by atoms with Gasteiger partial charge in [-0.1, -0.05) is 164 Å². The molecule has 1 unspecified atom stereocenters. The van der Waals surface area contributed by atoms with Gasteiger partial charge < -0.3 is 4.90 Å². The summed E-state index contributed by atoms with van der Waals surface area (Å²) in [6.07, 6.45) is 17.6. The van der Waals surface area contributed by atoms with Crippen LogP contribution in [0.5, 0.6) is 0 Å². The van der Waals surface area contributed by atoms with Crippen LogP contribution in [-0.2, 0) is 0 Å². The van der Waals surface area contributed by atoms with Crippen LogP contribution < -0.4 is 4.90 Å². The molecular weight excluding hydrogens is 615 g/mol. The lowest BCUT2D eigenvalue weighted by atomic mass is 9.88. The zero-order valence-corrected chi connectivity index (χ0v) is 29.0. The number of benzene rings is 7. The fourth-order valence-electron chi connectivity index (χ4n) is 7.39. The summed E-state index contributed by atoms with van der Waals surface area (Å²) in [5.74, 6) is 0.291. The van der Waals surface area contributed by atoms with Gasteiger partial charge in [0.05, 0.1) is 0 Å². The molecule has 0 aliphatic heterocycles. The molecule has 246 valence electrons. The van der Waals surface area contributed by atoms with Crippen LogP contribution in [0.1, 0.15) is 31.2 Å². The quantitative estimate of drug-likeness (QED) is 0.110. The molecule has 51 heavy (non-hydrogen) atoms. The van der Waals surface area contributed by atoms with E-state index in [4.69, 9.17) is 0 Å². The van der Waals surface area contributed by atoms with Gasteiger partial charge in [0.25, 0.3) is 0 Å². The predicted octanol–water partition coefficient (Wildman–Crippen LogP) is 14.3. The molecule has 1 aliphatic rings. The van der Waals surface area contributed by atoms with Crippen molar-refractivity contribution >= 4 is 38.6 Å². The van der Waals surface area contributed by atoms with Gasteiger partial charge in [0, 0.05) is 23.0 Å². The van der Waals surface area contributed by atoms with Gasteiger partial charge >= 0.3 is 0 Å². The number of rotatable bonds is 9. The summed E-state index contributed by atoms with van der Waals surface area (Å²) in [5, 5.41) is 5.11. The van der Waals surface area contributed by atoms with Crippen molar-refractivity contribution < 1.29 is 0 Å². The second-order valence-corrected chi connectivity index (χ2v) is 13.2. The molecule has 0 amide bonds. The molecule has 0 heterocycles. The normalized spacial score (nSPS) is 14.5. The van der Waals surface area contributed by atoms with E-state index in [-0.39, 0.29) is 0 Å². The molecule has 0 radical (unpaired) electrons. The highest BCUT2D eigenvalue weighted by atomic mass is 15.1. The third-order valence-corrected chi connectivity index (χ3v) is 9.98. The van der Waals surface area contributed by atoms with Crippen molar-refractivity contribution in [2.45, 2.75) is 25.7 Å². The zero-order chi connectivity index (χ0) is 34.4. The fourth-order valence-corrected chi connectivity index (χ4v) is 7.39. The molecule has 7 aromatic carbocycles. The van der Waals surface area contributed by atoms with Crippen LogP contribution in [0.2, 0.25) is 0 Å². The molecular formula is C50H41N. The van der Waals surface area contributed by atoms with Crippen LogP contribution in [0.3, 0.4) is 0 Å². The lowest BCUT2D eigenvalue weighted by Gasteiger charge is -2.30. The van der Waals surface area contributed by atoms with Crippen LogP contribution in [-0.4, -0.2) is 0 Å². The number of fused-ring (bicyclic) bond motifs is 3. The first kappa shape index (κ1) is 32.0. The van der Waals surface area contributed by atoms with E-state index >= 15 is 0 Å². The van der Waals surface area contributed by atoms with E-state index in [0.29, 0.717) is 5.92 Å². The SMILES string of the molecule is C/C=C\C=C/CC1=CCC(c2ccccc2N(c2ccc(-c3ccccc3)cc2)c2ccc(-c3cc4ccccc4c4ccccc34)cc2)C=C1. The van der Waals surface area contributed by atoms with E-state index in [2.05, 4.69) is 205 Å². The van der Waals surface area contributed by atoms with Crippen molar-refractivity contribution in [1.82, 2.24) is 0 Å². The Balaban J connectivity index is 1.19. The number of allylic oxidation sites excluding steroid dienone is 8. The lowest BCUT2D eigenvalue weighted by Crippen LogP contribution is -2.14. The summed E-state index contributed by atoms with van der Waals surface area (Å²) in [7, 11) is 0. The van der Waals surface area contributed by atoms with E-state index in [1.807, 2.05) is 6.92 Å². The first-order valence-corrected chi connectivity index (χ1v) is 18.0. The van der Waals surface area contributed by atoms with Crippen molar-refractivity contribution in [2.24, 2.45) is 0 Å². The Morgan fingerprint density at radius 2 is 1.22 bits per heavy atom. The summed E-state index contributed by atoms with van der Waals surface area (Å²) < 4.78 is 0. The maximum atomic E-state index is 2.43. The summed E-state index contributed by atoms with van der Waals surface area (Å²) >= 11 is 0. The van der Waals surface area contributed by atoms with Gasteiger partial charge in [-0.3, -0.25) is 0 Å². The molecule has 8 rings (SSSR count). The predicted molar refractivity (Wildman–Crippen MR) is 220 cm³/mol.